The summed E-state index contributed by atoms with van der Waals surface area (Å²) in [6, 6.07) is 0.413. The predicted octanol–water partition coefficient (Wildman–Crippen LogP) is 1.17. The zero-order valence-electron chi connectivity index (χ0n) is 7.86. The third-order valence-corrected chi connectivity index (χ3v) is 2.92. The molecule has 0 aromatic carbocycles. The molecule has 0 spiro atoms. The van der Waals surface area contributed by atoms with E-state index >= 15 is 0 Å². The first-order valence-electron chi connectivity index (χ1n) is 4.75. The van der Waals surface area contributed by atoms with Crippen LogP contribution in [-0.2, 0) is 0 Å². The quantitative estimate of drug-likeness (QED) is 0.864. The van der Waals surface area contributed by atoms with Crippen molar-refractivity contribution < 1.29 is 0 Å². The average molecular weight is 257 g/mol. The van der Waals surface area contributed by atoms with Gasteiger partial charge < -0.3 is 10.6 Å². The van der Waals surface area contributed by atoms with E-state index in [1.54, 1.807) is 12.4 Å². The second-order valence-corrected chi connectivity index (χ2v) is 4.34. The lowest BCUT2D eigenvalue weighted by Crippen LogP contribution is -2.36. The van der Waals surface area contributed by atoms with Gasteiger partial charge in [0.25, 0.3) is 0 Å². The summed E-state index contributed by atoms with van der Waals surface area (Å²) in [4.78, 5) is 10.7. The van der Waals surface area contributed by atoms with Crippen LogP contribution in [0, 0.1) is 0 Å². The Morgan fingerprint density at radius 3 is 2.86 bits per heavy atom. The number of hydrogen-bond acceptors (Lipinski definition) is 4. The summed E-state index contributed by atoms with van der Waals surface area (Å²) < 4.78 is 0.907. The summed E-state index contributed by atoms with van der Waals surface area (Å²) in [6.45, 7) is 1.70. The second kappa shape index (κ2) is 4.23. The van der Waals surface area contributed by atoms with Crippen molar-refractivity contribution in [2.24, 2.45) is 5.73 Å². The first kappa shape index (κ1) is 9.86. The lowest BCUT2D eigenvalue weighted by molar-refractivity contribution is 0.664. The van der Waals surface area contributed by atoms with Crippen molar-refractivity contribution in [3.05, 3.63) is 16.9 Å². The van der Waals surface area contributed by atoms with E-state index in [1.165, 1.54) is 6.42 Å². The third-order valence-electron chi connectivity index (χ3n) is 2.51. The number of nitrogens with zero attached hydrogens (tertiary/aromatic N) is 3. The van der Waals surface area contributed by atoms with E-state index in [9.17, 15) is 0 Å². The van der Waals surface area contributed by atoms with Gasteiger partial charge in [-0.05, 0) is 28.8 Å². The molecular formula is C9H13BrN4. The van der Waals surface area contributed by atoms with E-state index in [0.717, 1.165) is 23.4 Å². The summed E-state index contributed by atoms with van der Waals surface area (Å²) in [5.74, 6) is 0.793. The molecule has 1 unspecified atom stereocenters. The van der Waals surface area contributed by atoms with Crippen LogP contribution >= 0.6 is 15.9 Å². The third kappa shape index (κ3) is 1.88. The molecule has 2 N–H and O–H groups in total. The maximum absolute atomic E-state index is 5.68. The normalized spacial score (nSPS) is 21.6. The standard InChI is InChI=1S/C9H13BrN4/c10-7-5-12-9(13-6-7)14-3-1-2-8(14)4-11/h5-6,8H,1-4,11H2. The lowest BCUT2D eigenvalue weighted by Gasteiger charge is -2.22. The molecule has 0 amide bonds. The van der Waals surface area contributed by atoms with Crippen molar-refractivity contribution in [3.8, 4) is 0 Å². The van der Waals surface area contributed by atoms with Gasteiger partial charge in [0.2, 0.25) is 5.95 Å². The number of rotatable bonds is 2. The Morgan fingerprint density at radius 2 is 2.21 bits per heavy atom. The van der Waals surface area contributed by atoms with Crippen molar-refractivity contribution in [3.63, 3.8) is 0 Å². The van der Waals surface area contributed by atoms with Crippen LogP contribution in [0.3, 0.4) is 0 Å². The zero-order valence-corrected chi connectivity index (χ0v) is 9.44. The zero-order chi connectivity index (χ0) is 9.97. The molecule has 4 nitrogen and oxygen atoms in total. The molecule has 1 aliphatic heterocycles. The number of nitrogens with two attached hydrogens (primary N) is 1. The summed E-state index contributed by atoms with van der Waals surface area (Å²) in [6.07, 6.45) is 5.87. The molecule has 0 saturated carbocycles. The van der Waals surface area contributed by atoms with Crippen LogP contribution in [-0.4, -0.2) is 29.1 Å². The molecule has 1 aromatic rings. The molecular weight excluding hydrogens is 244 g/mol. The van der Waals surface area contributed by atoms with Crippen LogP contribution in [0.15, 0.2) is 16.9 Å². The summed E-state index contributed by atoms with van der Waals surface area (Å²) in [7, 11) is 0. The molecule has 1 aliphatic rings. The van der Waals surface area contributed by atoms with Gasteiger partial charge in [0, 0.05) is 31.5 Å². The van der Waals surface area contributed by atoms with E-state index in [4.69, 9.17) is 5.73 Å². The molecule has 0 radical (unpaired) electrons. The Hall–Kier alpha value is -0.680. The van der Waals surface area contributed by atoms with Crippen molar-refractivity contribution >= 4 is 21.9 Å². The van der Waals surface area contributed by atoms with Crippen LogP contribution in [0.1, 0.15) is 12.8 Å². The first-order valence-corrected chi connectivity index (χ1v) is 5.55. The van der Waals surface area contributed by atoms with Crippen LogP contribution < -0.4 is 10.6 Å². The molecule has 76 valence electrons. The van der Waals surface area contributed by atoms with Crippen LogP contribution in [0.4, 0.5) is 5.95 Å². The second-order valence-electron chi connectivity index (χ2n) is 3.43. The fraction of sp³-hybridized carbons (Fsp3) is 0.556. The van der Waals surface area contributed by atoms with Crippen LogP contribution in [0.5, 0.6) is 0 Å². The van der Waals surface area contributed by atoms with Gasteiger partial charge in [-0.2, -0.15) is 0 Å². The van der Waals surface area contributed by atoms with E-state index in [2.05, 4.69) is 30.8 Å². The first-order chi connectivity index (χ1) is 6.81. The topological polar surface area (TPSA) is 55.0 Å². The fourth-order valence-corrected chi connectivity index (χ4v) is 2.00. The maximum atomic E-state index is 5.68. The monoisotopic (exact) mass is 256 g/mol. The highest BCUT2D eigenvalue weighted by molar-refractivity contribution is 9.10. The van der Waals surface area contributed by atoms with Crippen molar-refractivity contribution in [2.45, 2.75) is 18.9 Å². The van der Waals surface area contributed by atoms with Gasteiger partial charge in [-0.1, -0.05) is 0 Å². The van der Waals surface area contributed by atoms with Crippen LogP contribution in [0.25, 0.3) is 0 Å². The number of anilines is 1. The summed E-state index contributed by atoms with van der Waals surface area (Å²) >= 11 is 3.32. The van der Waals surface area contributed by atoms with E-state index in [0.29, 0.717) is 12.6 Å². The highest BCUT2D eigenvalue weighted by Gasteiger charge is 2.24. The van der Waals surface area contributed by atoms with Crippen molar-refractivity contribution in [1.82, 2.24) is 9.97 Å². The van der Waals surface area contributed by atoms with Gasteiger partial charge >= 0.3 is 0 Å². The van der Waals surface area contributed by atoms with Gasteiger partial charge in [-0.3, -0.25) is 0 Å². The Bertz CT molecular complexity index is 300. The molecule has 1 saturated heterocycles. The maximum Gasteiger partial charge on any atom is 0.225 e. The van der Waals surface area contributed by atoms with Crippen molar-refractivity contribution in [2.75, 3.05) is 18.0 Å². The Labute approximate surface area is 91.7 Å². The summed E-state index contributed by atoms with van der Waals surface area (Å²) in [5.41, 5.74) is 5.68. The smallest absolute Gasteiger partial charge is 0.225 e. The van der Waals surface area contributed by atoms with Crippen LogP contribution in [0.2, 0.25) is 0 Å². The number of halogens is 1. The highest BCUT2D eigenvalue weighted by atomic mass is 79.9. The molecule has 0 aliphatic carbocycles. The largest absolute Gasteiger partial charge is 0.337 e. The minimum atomic E-state index is 0.413. The Morgan fingerprint density at radius 1 is 1.50 bits per heavy atom. The summed E-state index contributed by atoms with van der Waals surface area (Å²) in [5, 5.41) is 0. The van der Waals surface area contributed by atoms with Gasteiger partial charge in [0.05, 0.1) is 4.47 Å². The molecule has 0 bridgehead atoms. The number of aromatic nitrogens is 2. The number of hydrogen-bond donors (Lipinski definition) is 1. The predicted molar refractivity (Wildman–Crippen MR) is 59.2 cm³/mol. The average Bonchev–Trinajstić information content (AvgIpc) is 2.67. The minimum Gasteiger partial charge on any atom is -0.337 e. The van der Waals surface area contributed by atoms with E-state index < -0.39 is 0 Å². The van der Waals surface area contributed by atoms with E-state index in [1.807, 2.05) is 0 Å². The fourth-order valence-electron chi connectivity index (χ4n) is 1.80. The lowest BCUT2D eigenvalue weighted by atomic mass is 10.2. The van der Waals surface area contributed by atoms with Gasteiger partial charge in [0.15, 0.2) is 0 Å². The van der Waals surface area contributed by atoms with E-state index in [-0.39, 0.29) is 0 Å². The molecule has 14 heavy (non-hydrogen) atoms. The molecule has 2 rings (SSSR count). The van der Waals surface area contributed by atoms with Gasteiger partial charge in [0.1, 0.15) is 0 Å². The van der Waals surface area contributed by atoms with Gasteiger partial charge in [-0.15, -0.1) is 0 Å². The molecule has 1 fully saturated rings. The SMILES string of the molecule is NCC1CCCN1c1ncc(Br)cn1. The molecule has 1 aromatic heterocycles. The Kier molecular flexibility index (Phi) is 2.98. The van der Waals surface area contributed by atoms with Crippen molar-refractivity contribution in [1.29, 1.82) is 0 Å². The Balaban J connectivity index is 2.17. The molecule has 5 heteroatoms. The molecule has 2 heterocycles. The highest BCUT2D eigenvalue weighted by Crippen LogP contribution is 2.21. The van der Waals surface area contributed by atoms with Gasteiger partial charge in [-0.25, -0.2) is 9.97 Å². The minimum absolute atomic E-state index is 0.413. The molecule has 1 atom stereocenters.